The van der Waals surface area contributed by atoms with Gasteiger partial charge in [0.15, 0.2) is 0 Å². The van der Waals surface area contributed by atoms with E-state index in [0.717, 1.165) is 16.3 Å². The van der Waals surface area contributed by atoms with Gasteiger partial charge in [0.1, 0.15) is 5.01 Å². The van der Waals surface area contributed by atoms with Gasteiger partial charge in [0.05, 0.1) is 22.3 Å². The van der Waals surface area contributed by atoms with E-state index < -0.39 is 0 Å². The molecule has 0 saturated carbocycles. The van der Waals surface area contributed by atoms with Crippen LogP contribution in [0.1, 0.15) is 5.69 Å². The average Bonchev–Trinajstić information content (AvgIpc) is 3.21. The second-order valence-corrected chi connectivity index (χ2v) is 7.96. The van der Waals surface area contributed by atoms with Gasteiger partial charge in [-0.05, 0) is 36.7 Å². The first-order valence-electron chi connectivity index (χ1n) is 7.41. The molecule has 1 N–H and O–H groups in total. The largest absolute Gasteiger partial charge is 0.325 e. The number of anilines is 1. The molecule has 0 aliphatic carbocycles. The summed E-state index contributed by atoms with van der Waals surface area (Å²) in [5, 5.41) is 10.8. The van der Waals surface area contributed by atoms with Crippen LogP contribution in [0.5, 0.6) is 0 Å². The minimum Gasteiger partial charge on any atom is -0.325 e. The van der Waals surface area contributed by atoms with Gasteiger partial charge in [0.2, 0.25) is 5.91 Å². The molecule has 0 radical (unpaired) electrons. The number of nitrogens with one attached hydrogen (secondary N) is 1. The molecule has 0 fully saturated rings. The summed E-state index contributed by atoms with van der Waals surface area (Å²) in [5.74, 6) is -0.117. The Kier molecular flexibility index (Phi) is 6.09. The minimum absolute atomic E-state index is 0.117. The highest BCUT2D eigenvalue weighted by molar-refractivity contribution is 7.14. The van der Waals surface area contributed by atoms with Crippen molar-refractivity contribution in [1.82, 2.24) is 9.88 Å². The Morgan fingerprint density at radius 2 is 2.08 bits per heavy atom. The first-order chi connectivity index (χ1) is 12.0. The summed E-state index contributed by atoms with van der Waals surface area (Å²) in [4.78, 5) is 18.7. The van der Waals surface area contributed by atoms with E-state index in [1.165, 1.54) is 0 Å². The Bertz CT molecular complexity index is 865. The molecular formula is C17H15Cl2N3OS2. The summed E-state index contributed by atoms with van der Waals surface area (Å²) in [6.45, 7) is 0.862. The molecule has 1 aromatic carbocycles. The Hall–Kier alpha value is -1.44. The molecular weight excluding hydrogens is 397 g/mol. The highest BCUT2D eigenvalue weighted by Gasteiger charge is 2.11. The van der Waals surface area contributed by atoms with E-state index in [-0.39, 0.29) is 12.5 Å². The summed E-state index contributed by atoms with van der Waals surface area (Å²) in [5.41, 5.74) is 2.72. The maximum absolute atomic E-state index is 12.2. The zero-order valence-electron chi connectivity index (χ0n) is 13.3. The quantitative estimate of drug-likeness (QED) is 0.602. The molecule has 3 rings (SSSR count). The molecule has 0 unspecified atom stereocenters. The summed E-state index contributed by atoms with van der Waals surface area (Å²) < 4.78 is 0. The van der Waals surface area contributed by atoms with Crippen molar-refractivity contribution in [3.8, 4) is 10.6 Å². The molecule has 8 heteroatoms. The summed E-state index contributed by atoms with van der Waals surface area (Å²) in [6, 6.07) is 7.07. The van der Waals surface area contributed by atoms with Gasteiger partial charge in [-0.2, -0.15) is 11.3 Å². The fourth-order valence-corrected chi connectivity index (χ4v) is 4.07. The van der Waals surface area contributed by atoms with Crippen LogP contribution in [0.15, 0.2) is 40.4 Å². The van der Waals surface area contributed by atoms with Crippen molar-refractivity contribution in [1.29, 1.82) is 0 Å². The van der Waals surface area contributed by atoms with Crippen molar-refractivity contribution in [2.75, 3.05) is 18.9 Å². The number of hydrogen-bond acceptors (Lipinski definition) is 5. The molecule has 2 aromatic heterocycles. The van der Waals surface area contributed by atoms with Crippen molar-refractivity contribution >= 4 is 57.5 Å². The van der Waals surface area contributed by atoms with E-state index >= 15 is 0 Å². The number of rotatable bonds is 6. The van der Waals surface area contributed by atoms with E-state index in [9.17, 15) is 4.79 Å². The fraction of sp³-hybridized carbons (Fsp3) is 0.176. The predicted molar refractivity (Wildman–Crippen MR) is 107 cm³/mol. The number of amides is 1. The van der Waals surface area contributed by atoms with Crippen LogP contribution in [0.4, 0.5) is 5.69 Å². The van der Waals surface area contributed by atoms with E-state index in [0.29, 0.717) is 22.3 Å². The van der Waals surface area contributed by atoms with Crippen LogP contribution in [0.2, 0.25) is 10.0 Å². The average molecular weight is 412 g/mol. The minimum atomic E-state index is -0.117. The molecule has 2 heterocycles. The number of carbonyl (C=O) groups excluding carboxylic acids is 1. The molecule has 0 aliphatic heterocycles. The van der Waals surface area contributed by atoms with Gasteiger partial charge in [0.25, 0.3) is 0 Å². The highest BCUT2D eigenvalue weighted by atomic mass is 35.5. The van der Waals surface area contributed by atoms with E-state index in [4.69, 9.17) is 23.2 Å². The zero-order valence-corrected chi connectivity index (χ0v) is 16.5. The molecule has 3 aromatic rings. The first-order valence-corrected chi connectivity index (χ1v) is 9.99. The number of aromatic nitrogens is 1. The highest BCUT2D eigenvalue weighted by Crippen LogP contribution is 2.26. The van der Waals surface area contributed by atoms with Crippen LogP contribution in [-0.2, 0) is 11.3 Å². The van der Waals surface area contributed by atoms with Gasteiger partial charge in [-0.1, -0.05) is 23.2 Å². The molecule has 25 heavy (non-hydrogen) atoms. The van der Waals surface area contributed by atoms with Crippen molar-refractivity contribution in [3.05, 3.63) is 56.1 Å². The lowest BCUT2D eigenvalue weighted by Gasteiger charge is -2.15. The molecule has 0 aliphatic rings. The third kappa shape index (κ3) is 5.03. The van der Waals surface area contributed by atoms with E-state index in [1.54, 1.807) is 40.9 Å². The van der Waals surface area contributed by atoms with Crippen molar-refractivity contribution in [2.45, 2.75) is 6.54 Å². The summed E-state index contributed by atoms with van der Waals surface area (Å²) in [6.07, 6.45) is 0. The molecule has 0 spiro atoms. The number of halogens is 2. The normalized spacial score (nSPS) is 11.0. The van der Waals surface area contributed by atoms with E-state index in [1.807, 2.05) is 22.7 Å². The van der Waals surface area contributed by atoms with Crippen LogP contribution in [0.3, 0.4) is 0 Å². The van der Waals surface area contributed by atoms with Crippen molar-refractivity contribution in [2.24, 2.45) is 0 Å². The maximum atomic E-state index is 12.2. The van der Waals surface area contributed by atoms with Crippen molar-refractivity contribution < 1.29 is 4.79 Å². The molecule has 0 bridgehead atoms. The number of thiophene rings is 1. The topological polar surface area (TPSA) is 45.2 Å². The molecule has 4 nitrogen and oxygen atoms in total. The van der Waals surface area contributed by atoms with Gasteiger partial charge in [-0.15, -0.1) is 11.3 Å². The molecule has 1 amide bonds. The second-order valence-electron chi connectivity index (χ2n) is 5.51. The van der Waals surface area contributed by atoms with Gasteiger partial charge in [0, 0.05) is 28.6 Å². The molecule has 130 valence electrons. The fourth-order valence-electron chi connectivity index (χ4n) is 2.25. The summed E-state index contributed by atoms with van der Waals surface area (Å²) >= 11 is 15.1. The Balaban J connectivity index is 1.54. The third-order valence-electron chi connectivity index (χ3n) is 3.37. The standard InChI is InChI=1S/C17H15Cl2N3OS2/c1-22(7-13-10-25-17(21-13)11-4-5-24-9-11)8-16(23)20-12-2-3-14(18)15(19)6-12/h2-6,9-10H,7-8H2,1H3,(H,20,23). The zero-order chi connectivity index (χ0) is 17.8. The van der Waals surface area contributed by atoms with E-state index in [2.05, 4.69) is 21.7 Å². The lowest BCUT2D eigenvalue weighted by atomic mass is 10.3. The lowest BCUT2D eigenvalue weighted by Crippen LogP contribution is -2.29. The number of benzene rings is 1. The smallest absolute Gasteiger partial charge is 0.238 e. The second kappa shape index (κ2) is 8.29. The van der Waals surface area contributed by atoms with Crippen LogP contribution in [-0.4, -0.2) is 29.4 Å². The Labute approximate surface area is 164 Å². The van der Waals surface area contributed by atoms with Crippen LogP contribution in [0.25, 0.3) is 10.6 Å². The number of nitrogens with zero attached hydrogens (tertiary/aromatic N) is 2. The SMILES string of the molecule is CN(CC(=O)Nc1ccc(Cl)c(Cl)c1)Cc1csc(-c2ccsc2)n1. The third-order valence-corrected chi connectivity index (χ3v) is 5.73. The maximum Gasteiger partial charge on any atom is 0.238 e. The molecule has 0 saturated heterocycles. The van der Waals surface area contributed by atoms with Gasteiger partial charge < -0.3 is 5.32 Å². The first kappa shape index (κ1) is 18.4. The monoisotopic (exact) mass is 411 g/mol. The predicted octanol–water partition coefficient (Wildman–Crippen LogP) is 5.25. The van der Waals surface area contributed by atoms with Crippen LogP contribution >= 0.6 is 45.9 Å². The Morgan fingerprint density at radius 3 is 2.80 bits per heavy atom. The number of carbonyl (C=O) groups is 1. The van der Waals surface area contributed by atoms with Gasteiger partial charge in [-0.25, -0.2) is 4.98 Å². The molecule has 0 atom stereocenters. The van der Waals surface area contributed by atoms with Crippen molar-refractivity contribution in [3.63, 3.8) is 0 Å². The number of thiazole rings is 1. The van der Waals surface area contributed by atoms with Gasteiger partial charge >= 0.3 is 0 Å². The lowest BCUT2D eigenvalue weighted by molar-refractivity contribution is -0.117. The number of hydrogen-bond donors (Lipinski definition) is 1. The summed E-state index contributed by atoms with van der Waals surface area (Å²) in [7, 11) is 1.89. The number of likely N-dealkylation sites (N-methyl/N-ethyl adjacent to an activating group) is 1. The van der Waals surface area contributed by atoms with Crippen LogP contribution < -0.4 is 5.32 Å². The van der Waals surface area contributed by atoms with Crippen LogP contribution in [0, 0.1) is 0 Å². The Morgan fingerprint density at radius 1 is 1.24 bits per heavy atom. The van der Waals surface area contributed by atoms with Gasteiger partial charge in [-0.3, -0.25) is 9.69 Å².